The van der Waals surface area contributed by atoms with Gasteiger partial charge in [0.05, 0.1) is 16.5 Å². The molecule has 2 aromatic heterocycles. The highest BCUT2D eigenvalue weighted by Gasteiger charge is 2.36. The molecule has 1 atom stereocenters. The molecule has 1 saturated heterocycles. The van der Waals surface area contributed by atoms with Gasteiger partial charge in [-0.25, -0.2) is 4.98 Å². The summed E-state index contributed by atoms with van der Waals surface area (Å²) in [5.74, 6) is 0.222. The number of carbonyl (C=O) groups excluding carboxylic acids is 1. The molecule has 0 bridgehead atoms. The van der Waals surface area contributed by atoms with Crippen LogP contribution in [-0.4, -0.2) is 44.3 Å². The van der Waals surface area contributed by atoms with Crippen molar-refractivity contribution < 1.29 is 9.53 Å². The molecule has 4 rings (SSSR count). The van der Waals surface area contributed by atoms with Gasteiger partial charge in [-0.3, -0.25) is 18.9 Å². The first-order chi connectivity index (χ1) is 16.5. The normalized spacial score (nSPS) is 15.9. The zero-order valence-corrected chi connectivity index (χ0v) is 20.7. The number of nitrogens with one attached hydrogen (secondary N) is 1. The van der Waals surface area contributed by atoms with Crippen molar-refractivity contribution >= 4 is 51.7 Å². The molecule has 0 spiro atoms. The minimum absolute atomic E-state index is 0.216. The average molecular weight is 495 g/mol. The van der Waals surface area contributed by atoms with Crippen LogP contribution in [-0.2, 0) is 9.53 Å². The van der Waals surface area contributed by atoms with E-state index in [4.69, 9.17) is 17.0 Å². The van der Waals surface area contributed by atoms with Gasteiger partial charge in [-0.1, -0.05) is 60.4 Å². The van der Waals surface area contributed by atoms with Crippen LogP contribution in [0.15, 0.2) is 64.4 Å². The Morgan fingerprint density at radius 2 is 1.94 bits per heavy atom. The van der Waals surface area contributed by atoms with Crippen LogP contribution >= 0.6 is 24.0 Å². The number of carbonyl (C=O) groups is 1. The molecule has 1 aliphatic rings. The van der Waals surface area contributed by atoms with Crippen LogP contribution in [0.4, 0.5) is 5.82 Å². The highest BCUT2D eigenvalue weighted by atomic mass is 32.2. The van der Waals surface area contributed by atoms with E-state index in [0.29, 0.717) is 46.0 Å². The summed E-state index contributed by atoms with van der Waals surface area (Å²) in [5.41, 5.74) is 1.60. The van der Waals surface area contributed by atoms with Gasteiger partial charge in [0.25, 0.3) is 11.5 Å². The van der Waals surface area contributed by atoms with E-state index < -0.39 is 0 Å². The summed E-state index contributed by atoms with van der Waals surface area (Å²) in [4.78, 5) is 33.3. The van der Waals surface area contributed by atoms with Crippen LogP contribution in [0.25, 0.3) is 11.7 Å². The van der Waals surface area contributed by atoms with Gasteiger partial charge in [-0.05, 0) is 44.0 Å². The van der Waals surface area contributed by atoms with E-state index in [1.54, 1.807) is 29.3 Å². The second-order valence-corrected chi connectivity index (χ2v) is 9.40. The molecule has 0 radical (unpaired) electrons. The fraction of sp³-hybridized carbons (Fsp3) is 0.280. The first-order valence-corrected chi connectivity index (χ1v) is 12.4. The topological polar surface area (TPSA) is 75.9 Å². The van der Waals surface area contributed by atoms with E-state index in [1.165, 1.54) is 16.2 Å². The maximum atomic E-state index is 13.3. The Kier molecular flexibility index (Phi) is 7.77. The van der Waals surface area contributed by atoms with Gasteiger partial charge in [-0.2, -0.15) is 0 Å². The molecule has 1 fully saturated rings. The number of ether oxygens (including phenoxy) is 1. The number of pyridine rings is 1. The number of hydrogen-bond acceptors (Lipinski definition) is 7. The molecule has 1 unspecified atom stereocenters. The van der Waals surface area contributed by atoms with Gasteiger partial charge in [0.15, 0.2) is 0 Å². The Balaban J connectivity index is 1.68. The maximum Gasteiger partial charge on any atom is 0.267 e. The summed E-state index contributed by atoms with van der Waals surface area (Å²) in [7, 11) is 0. The molecule has 0 aliphatic carbocycles. The predicted octanol–water partition coefficient (Wildman–Crippen LogP) is 4.50. The molecule has 3 aromatic rings. The van der Waals surface area contributed by atoms with Crippen molar-refractivity contribution in [3.63, 3.8) is 0 Å². The standard InChI is InChI=1S/C25H26N4O3S2/c1-3-32-15-9-13-26-22-19(23(30)28-14-8-7-12-21(28)27-22)16-20-24(31)29(25(33)34-20)17(2)18-10-5-4-6-11-18/h4-8,10-12,14,16-17,26H,3,9,13,15H2,1-2H3. The van der Waals surface area contributed by atoms with Gasteiger partial charge in [-0.15, -0.1) is 0 Å². The van der Waals surface area contributed by atoms with E-state index in [1.807, 2.05) is 50.2 Å². The van der Waals surface area contributed by atoms with Gasteiger partial charge in [0, 0.05) is 26.0 Å². The molecule has 1 amide bonds. The third-order valence-corrected chi connectivity index (χ3v) is 6.83. The quantitative estimate of drug-likeness (QED) is 0.267. The van der Waals surface area contributed by atoms with E-state index in [2.05, 4.69) is 10.3 Å². The van der Waals surface area contributed by atoms with Crippen LogP contribution in [0.2, 0.25) is 0 Å². The fourth-order valence-electron chi connectivity index (χ4n) is 3.72. The Morgan fingerprint density at radius 3 is 2.71 bits per heavy atom. The van der Waals surface area contributed by atoms with Gasteiger partial charge in [0.1, 0.15) is 15.8 Å². The second kappa shape index (κ2) is 10.9. The van der Waals surface area contributed by atoms with Crippen molar-refractivity contribution in [1.29, 1.82) is 0 Å². The number of thioether (sulfide) groups is 1. The van der Waals surface area contributed by atoms with Gasteiger partial charge < -0.3 is 10.1 Å². The van der Waals surface area contributed by atoms with Gasteiger partial charge in [0.2, 0.25) is 0 Å². The molecule has 9 heteroatoms. The lowest BCUT2D eigenvalue weighted by molar-refractivity contribution is -0.123. The molecule has 1 aliphatic heterocycles. The van der Waals surface area contributed by atoms with Crippen LogP contribution < -0.4 is 10.9 Å². The number of thiocarbonyl (C=S) groups is 1. The van der Waals surface area contributed by atoms with E-state index in [-0.39, 0.29) is 17.5 Å². The number of hydrogen-bond donors (Lipinski definition) is 1. The third-order valence-electron chi connectivity index (χ3n) is 5.50. The van der Waals surface area contributed by atoms with Crippen molar-refractivity contribution in [2.24, 2.45) is 0 Å². The van der Waals surface area contributed by atoms with Crippen LogP contribution in [0.5, 0.6) is 0 Å². The van der Waals surface area contributed by atoms with Crippen LogP contribution in [0.3, 0.4) is 0 Å². The molecule has 1 aromatic carbocycles. The number of rotatable bonds is 9. The number of amides is 1. The van der Waals surface area contributed by atoms with Crippen LogP contribution in [0.1, 0.15) is 37.4 Å². The zero-order valence-electron chi connectivity index (χ0n) is 19.1. The molecule has 3 heterocycles. The smallest absolute Gasteiger partial charge is 0.267 e. The summed E-state index contributed by atoms with van der Waals surface area (Å²) < 4.78 is 7.34. The van der Waals surface area contributed by atoms with E-state index >= 15 is 0 Å². The third kappa shape index (κ3) is 5.06. The zero-order chi connectivity index (χ0) is 24.1. The molecule has 7 nitrogen and oxygen atoms in total. The number of anilines is 1. The fourth-order valence-corrected chi connectivity index (χ4v) is 5.12. The lowest BCUT2D eigenvalue weighted by Gasteiger charge is -2.23. The van der Waals surface area contributed by atoms with Crippen molar-refractivity contribution in [2.45, 2.75) is 26.3 Å². The Bertz CT molecular complexity index is 1290. The highest BCUT2D eigenvalue weighted by molar-refractivity contribution is 8.26. The molecule has 0 saturated carbocycles. The molecule has 34 heavy (non-hydrogen) atoms. The largest absolute Gasteiger partial charge is 0.382 e. The molecular weight excluding hydrogens is 468 g/mol. The summed E-state index contributed by atoms with van der Waals surface area (Å²) >= 11 is 6.74. The predicted molar refractivity (Wildman–Crippen MR) is 141 cm³/mol. The lowest BCUT2D eigenvalue weighted by Crippen LogP contribution is -2.31. The SMILES string of the molecule is CCOCCCNc1nc2ccccn2c(=O)c1C=C1SC(=S)N(C(C)c2ccccc2)C1=O. The van der Waals surface area contributed by atoms with E-state index in [9.17, 15) is 9.59 Å². The Labute approximate surface area is 207 Å². The maximum absolute atomic E-state index is 13.3. The second-order valence-electron chi connectivity index (χ2n) is 7.72. The monoisotopic (exact) mass is 494 g/mol. The number of nitrogens with zero attached hydrogens (tertiary/aromatic N) is 3. The van der Waals surface area contributed by atoms with E-state index in [0.717, 1.165) is 12.0 Å². The van der Waals surface area contributed by atoms with Crippen molar-refractivity contribution in [2.75, 3.05) is 25.1 Å². The number of benzene rings is 1. The van der Waals surface area contributed by atoms with Crippen LogP contribution in [0, 0.1) is 0 Å². The van der Waals surface area contributed by atoms with Crippen molar-refractivity contribution in [3.8, 4) is 0 Å². The summed E-state index contributed by atoms with van der Waals surface area (Å²) in [6.07, 6.45) is 4.04. The number of aromatic nitrogens is 2. The number of fused-ring (bicyclic) bond motifs is 1. The lowest BCUT2D eigenvalue weighted by atomic mass is 10.1. The van der Waals surface area contributed by atoms with Gasteiger partial charge >= 0.3 is 0 Å². The summed E-state index contributed by atoms with van der Waals surface area (Å²) in [6.45, 7) is 5.75. The first-order valence-electron chi connectivity index (χ1n) is 11.2. The summed E-state index contributed by atoms with van der Waals surface area (Å²) in [6, 6.07) is 14.9. The van der Waals surface area contributed by atoms with Crippen molar-refractivity contribution in [3.05, 3.63) is 81.1 Å². The Morgan fingerprint density at radius 1 is 1.18 bits per heavy atom. The minimum Gasteiger partial charge on any atom is -0.382 e. The summed E-state index contributed by atoms with van der Waals surface area (Å²) in [5, 5.41) is 3.25. The molecule has 1 N–H and O–H groups in total. The molecular formula is C25H26N4O3S2. The minimum atomic E-state index is -0.251. The first kappa shape index (κ1) is 24.1. The van der Waals surface area contributed by atoms with Crippen molar-refractivity contribution in [1.82, 2.24) is 14.3 Å². The molecule has 176 valence electrons. The highest BCUT2D eigenvalue weighted by Crippen LogP contribution is 2.38. The Hall–Kier alpha value is -3.01. The average Bonchev–Trinajstić information content (AvgIpc) is 3.13.